The minimum absolute atomic E-state index is 0. The van der Waals surface area contributed by atoms with Gasteiger partial charge >= 0.3 is 50.5 Å². The second-order valence-electron chi connectivity index (χ2n) is 25.5. The van der Waals surface area contributed by atoms with Crippen molar-refractivity contribution in [3.8, 4) is 0 Å². The first-order chi connectivity index (χ1) is 58.5. The Kier molecular flexibility index (Phi) is 51.3. The van der Waals surface area contributed by atoms with Crippen molar-refractivity contribution in [3.05, 3.63) is 309 Å². The van der Waals surface area contributed by atoms with Gasteiger partial charge < -0.3 is 30.6 Å². The zero-order chi connectivity index (χ0) is 94.8. The molecule has 8 aromatic carbocycles. The number of piperazine rings is 3. The van der Waals surface area contributed by atoms with E-state index in [1.54, 1.807) is 0 Å². The predicted octanol–water partition coefficient (Wildman–Crippen LogP) is 20.3. The average molecular weight is 2640 g/mol. The van der Waals surface area contributed by atoms with Crippen molar-refractivity contribution < 1.29 is 128 Å². The fraction of sp³-hybridized carbons (Fsp3) is 0.296. The molecule has 0 aliphatic carbocycles. The van der Waals surface area contributed by atoms with E-state index in [0.29, 0.717) is 73.9 Å². The monoisotopic (exact) mass is 2630 g/mol. The third-order valence-electron chi connectivity index (χ3n) is 17.7. The van der Waals surface area contributed by atoms with E-state index in [2.05, 4.69) is 84.3 Å². The minimum atomic E-state index is -1.57. The Morgan fingerprint density at radius 1 is 0.307 bits per heavy atom. The molecule has 8 aromatic rings. The summed E-state index contributed by atoms with van der Waals surface area (Å²) in [5.41, 5.74) is -8.95. The summed E-state index contributed by atoms with van der Waals surface area (Å²) in [6, 6.07) is 11.1. The smallest absolute Gasteiger partial charge is 0.288 e. The van der Waals surface area contributed by atoms with Gasteiger partial charge in [0.1, 0.15) is 86.7 Å². The fourth-order valence-electron chi connectivity index (χ4n) is 11.4. The molecular weight excluding hydrogens is 2570 g/mol. The Morgan fingerprint density at radius 3 is 0.559 bits per heavy atom. The summed E-state index contributed by atoms with van der Waals surface area (Å²) >= 11 is 54.0. The standard InChI is InChI=1S/3C16H12Cl2F2N2O6.C16H8Cl2F2N2O6.C6H12N2.CH4.I3.I2.HI/c4*17-9-5-11(19)7(3-13(9)21(25)26)15(23)1-2-16(24)8-4-14(22(27)28)10(18)6-12(8)20;1-2-8-5-3-7(1)4-6-8;;1-3-2;1-2;/h3*3-6,15-16,23-24H,1-2H2;3-6H,1-2H2;1-6H2;1H4;;;1H/q;;;;;;-1;;/t2*15-,16+;15-,16-;;;;;;/m..0....../s1. The van der Waals surface area contributed by atoms with Crippen molar-refractivity contribution in [2.45, 2.75) is 95.4 Å². The normalized spacial score (nSPS) is 14.1. The first kappa shape index (κ1) is 117. The van der Waals surface area contributed by atoms with Crippen LogP contribution in [0.25, 0.3) is 0 Å². The van der Waals surface area contributed by atoms with E-state index >= 15 is 0 Å². The van der Waals surface area contributed by atoms with Crippen LogP contribution in [-0.2, 0) is 0 Å². The molecule has 6 N–H and O–H groups in total. The molecule has 0 saturated carbocycles. The number of rotatable bonds is 28. The van der Waals surface area contributed by atoms with Gasteiger partial charge in [-0.3, -0.25) is 100 Å². The third kappa shape index (κ3) is 34.3. The van der Waals surface area contributed by atoms with Gasteiger partial charge in [0.05, 0.1) is 87.1 Å². The molecule has 2 bridgehead atoms. The van der Waals surface area contributed by atoms with Crippen LogP contribution in [0.15, 0.2) is 97.1 Å². The number of halogens is 22. The number of Topliss-reactive ketones (excluding diaryl/α,β-unsaturated/α-hetero) is 2. The summed E-state index contributed by atoms with van der Waals surface area (Å²) in [6.45, 7) is 7.92. The van der Waals surface area contributed by atoms with Gasteiger partial charge in [-0.05, 0) is 74.9 Å². The number of carbonyl (C=O) groups is 2. The molecule has 127 heavy (non-hydrogen) atoms. The van der Waals surface area contributed by atoms with E-state index < -0.39 is 277 Å². The average Bonchev–Trinajstić information content (AvgIpc) is 0.810. The molecule has 0 radical (unpaired) electrons. The van der Waals surface area contributed by atoms with E-state index in [-0.39, 0.29) is 69.9 Å². The molecule has 3 saturated heterocycles. The molecular formula is C71H61Cl8F8I6N10O24-. The first-order valence-corrected chi connectivity index (χ1v) is 56.0. The molecule has 694 valence electrons. The summed E-state index contributed by atoms with van der Waals surface area (Å²) in [5.74, 6) is -10.1. The molecule has 34 nitrogen and oxygen atoms in total. The van der Waals surface area contributed by atoms with E-state index in [9.17, 15) is 156 Å². The molecule has 0 unspecified atom stereocenters. The number of hydrogen-bond acceptors (Lipinski definition) is 26. The molecule has 6 atom stereocenters. The van der Waals surface area contributed by atoms with E-state index in [1.807, 2.05) is 0 Å². The Hall–Kier alpha value is -5.88. The van der Waals surface area contributed by atoms with E-state index in [1.165, 1.54) is 39.3 Å². The van der Waals surface area contributed by atoms with Crippen molar-refractivity contribution in [1.29, 1.82) is 0 Å². The number of nitro groups is 8. The van der Waals surface area contributed by atoms with Gasteiger partial charge in [0.25, 0.3) is 45.5 Å². The number of carbonyl (C=O) groups excluding carboxylic acids is 2. The number of nitro benzene ring substituents is 8. The van der Waals surface area contributed by atoms with Crippen LogP contribution in [0.1, 0.15) is 150 Å². The van der Waals surface area contributed by atoms with Crippen molar-refractivity contribution in [2.24, 2.45) is 0 Å². The summed E-state index contributed by atoms with van der Waals surface area (Å²) < 4.78 is 112. The topological polar surface area (TPSA) is 507 Å². The molecule has 56 heteroatoms. The maximum Gasteiger partial charge on any atom is 0.288 e. The molecule has 3 heterocycles. The first-order valence-electron chi connectivity index (χ1n) is 34.1. The zero-order valence-electron chi connectivity index (χ0n) is 62.5. The largest absolute Gasteiger partial charge is 0.388 e. The quantitative estimate of drug-likeness (QED) is 0.00872. The Labute approximate surface area is 821 Å². The van der Waals surface area contributed by atoms with Crippen LogP contribution in [0, 0.1) is 127 Å². The Bertz CT molecular complexity index is 4690. The van der Waals surface area contributed by atoms with Crippen molar-refractivity contribution in [2.75, 3.05) is 39.3 Å². The van der Waals surface area contributed by atoms with Gasteiger partial charge in [0.15, 0.2) is 11.6 Å². The van der Waals surface area contributed by atoms with Crippen LogP contribution in [0.3, 0.4) is 0 Å². The number of ketones is 2. The summed E-state index contributed by atoms with van der Waals surface area (Å²) in [4.78, 5) is 109. The number of fused-ring (bicyclic) bond motifs is 3. The zero-order valence-corrected chi connectivity index (χ0v) is 81.6. The number of benzene rings is 8. The summed E-state index contributed by atoms with van der Waals surface area (Å²) in [7, 11) is 0. The Balaban J connectivity index is 0.000000542. The van der Waals surface area contributed by atoms with Crippen LogP contribution in [-0.4, -0.2) is 131 Å². The van der Waals surface area contributed by atoms with Gasteiger partial charge in [-0.25, -0.2) is 35.1 Å². The SMILES string of the molecule is C.C1CN2CCN1CC2.I.II.I[I-]I.O=C(CCC(=O)c1cc([N+](=O)[O-])c(Cl)cc1F)c1cc([N+](=O)[O-])c(Cl)cc1F.O=[N+]([O-])c1cc([C@@H](O)CC[C@H](O)c2cc([N+](=O)[O-])c(Cl)cc2F)c(F)cc1Cl.O=[N+]([O-])c1cc([C@H](O)CC[C@H](O)c2cc([N+](=O)[O-])c(Cl)cc2F)c(F)cc1Cl.O=[N+]([O-])c1cc([C@H](O)CC[C@H](O)c2cc([N+](=O)[O-])c(Cl)cc2F)c(F)cc1Cl. The molecule has 3 aliphatic heterocycles. The molecule has 11 rings (SSSR count). The Morgan fingerprint density at radius 2 is 0.433 bits per heavy atom. The number of hydrogen-bond donors (Lipinski definition) is 6. The molecule has 0 amide bonds. The van der Waals surface area contributed by atoms with Crippen molar-refractivity contribution in [3.63, 3.8) is 0 Å². The third-order valence-corrected chi connectivity index (χ3v) is 20.1. The molecule has 3 fully saturated rings. The predicted molar refractivity (Wildman–Crippen MR) is 491 cm³/mol. The van der Waals surface area contributed by atoms with Crippen LogP contribution >= 0.6 is 191 Å². The second kappa shape index (κ2) is 55.6. The molecule has 0 spiro atoms. The van der Waals surface area contributed by atoms with Crippen molar-refractivity contribution in [1.82, 2.24) is 9.80 Å². The maximum absolute atomic E-state index is 14.0. The maximum atomic E-state index is 14.0. The van der Waals surface area contributed by atoms with E-state index in [0.717, 1.165) is 36.4 Å². The van der Waals surface area contributed by atoms with Crippen LogP contribution < -0.4 is 13.3 Å². The van der Waals surface area contributed by atoms with Crippen LogP contribution in [0.5, 0.6) is 0 Å². The fourth-order valence-corrected chi connectivity index (χ4v) is 13.1. The van der Waals surface area contributed by atoms with Gasteiger partial charge in [0.2, 0.25) is 0 Å². The number of aliphatic hydroxyl groups excluding tert-OH is 6. The van der Waals surface area contributed by atoms with Crippen LogP contribution in [0.4, 0.5) is 80.6 Å². The number of aliphatic hydroxyl groups is 6. The second-order valence-corrected chi connectivity index (χ2v) is 45.0. The molecule has 3 aliphatic rings. The summed E-state index contributed by atoms with van der Waals surface area (Å²) in [6.07, 6.45) is -12.6. The van der Waals surface area contributed by atoms with Gasteiger partial charge in [-0.2, -0.15) is 0 Å². The van der Waals surface area contributed by atoms with Gasteiger partial charge in [0, 0.05) is 183 Å². The van der Waals surface area contributed by atoms with Crippen LogP contribution in [0.2, 0.25) is 40.2 Å². The van der Waals surface area contributed by atoms with E-state index in [4.69, 9.17) is 92.8 Å². The van der Waals surface area contributed by atoms with Gasteiger partial charge in [-0.1, -0.05) is 100 Å². The summed E-state index contributed by atoms with van der Waals surface area (Å²) in [5, 5.41) is 144. The molecule has 0 aromatic heterocycles. The van der Waals surface area contributed by atoms with Gasteiger partial charge in [-0.15, -0.1) is 24.0 Å². The van der Waals surface area contributed by atoms with Crippen molar-refractivity contribution >= 4 is 248 Å². The minimum Gasteiger partial charge on any atom is -0.388 e. The number of nitrogens with zero attached hydrogens (tertiary/aromatic N) is 10.